The van der Waals surface area contributed by atoms with E-state index in [4.69, 9.17) is 11.6 Å². The molecule has 0 amide bonds. The monoisotopic (exact) mass is 351 g/mol. The first-order chi connectivity index (χ1) is 9.43. The minimum absolute atomic E-state index is 0.0978. The molecule has 0 aromatic heterocycles. The van der Waals surface area contributed by atoms with Gasteiger partial charge < -0.3 is 5.32 Å². The lowest BCUT2D eigenvalue weighted by molar-refractivity contribution is 0.682. The zero-order valence-corrected chi connectivity index (χ0v) is 14.6. The molecule has 0 bridgehead atoms. The van der Waals surface area contributed by atoms with Crippen LogP contribution in [0.1, 0.15) is 33.9 Å². The van der Waals surface area contributed by atoms with Gasteiger partial charge in [0.2, 0.25) is 0 Å². The second-order valence-electron chi connectivity index (χ2n) is 5.20. The molecule has 3 heteroatoms. The van der Waals surface area contributed by atoms with Crippen molar-refractivity contribution in [2.75, 3.05) is 7.05 Å². The Balaban J connectivity index is 2.61. The third-order valence-electron chi connectivity index (χ3n) is 3.58. The Morgan fingerprint density at radius 1 is 1.05 bits per heavy atom. The van der Waals surface area contributed by atoms with E-state index in [0.717, 1.165) is 15.1 Å². The van der Waals surface area contributed by atoms with Gasteiger partial charge in [-0.05, 0) is 68.3 Å². The summed E-state index contributed by atoms with van der Waals surface area (Å²) in [6.07, 6.45) is 0. The molecule has 2 aromatic rings. The quantitative estimate of drug-likeness (QED) is 0.786. The molecule has 0 fully saturated rings. The van der Waals surface area contributed by atoms with Crippen LogP contribution in [0.3, 0.4) is 0 Å². The van der Waals surface area contributed by atoms with Gasteiger partial charge in [-0.2, -0.15) is 0 Å². The van der Waals surface area contributed by atoms with Gasteiger partial charge in [0.25, 0.3) is 0 Å². The Morgan fingerprint density at radius 3 is 2.20 bits per heavy atom. The molecule has 1 N–H and O–H groups in total. The summed E-state index contributed by atoms with van der Waals surface area (Å²) in [5, 5.41) is 4.18. The van der Waals surface area contributed by atoms with Crippen LogP contribution in [-0.4, -0.2) is 7.05 Å². The maximum absolute atomic E-state index is 6.39. The topological polar surface area (TPSA) is 12.0 Å². The van der Waals surface area contributed by atoms with Crippen molar-refractivity contribution in [3.63, 3.8) is 0 Å². The fourth-order valence-electron chi connectivity index (χ4n) is 2.84. The molecule has 0 aliphatic carbocycles. The summed E-state index contributed by atoms with van der Waals surface area (Å²) in [7, 11) is 1.97. The lowest BCUT2D eigenvalue weighted by Gasteiger charge is -2.23. The highest BCUT2D eigenvalue weighted by Gasteiger charge is 2.19. The number of aryl methyl sites for hydroxylation is 3. The molecule has 0 spiro atoms. The fourth-order valence-corrected chi connectivity index (χ4v) is 3.44. The Labute approximate surface area is 134 Å². The summed E-state index contributed by atoms with van der Waals surface area (Å²) < 4.78 is 1.04. The van der Waals surface area contributed by atoms with E-state index >= 15 is 0 Å². The molecule has 1 atom stereocenters. The van der Waals surface area contributed by atoms with Crippen LogP contribution in [0, 0.1) is 20.8 Å². The Morgan fingerprint density at radius 2 is 1.65 bits per heavy atom. The average Bonchev–Trinajstić information content (AvgIpc) is 2.37. The van der Waals surface area contributed by atoms with Gasteiger partial charge in [0.1, 0.15) is 0 Å². The van der Waals surface area contributed by atoms with Crippen molar-refractivity contribution in [3.05, 3.63) is 67.6 Å². The summed E-state index contributed by atoms with van der Waals surface area (Å²) in [5.41, 5.74) is 6.27. The van der Waals surface area contributed by atoms with E-state index in [2.05, 4.69) is 60.2 Å². The molecule has 1 unspecified atom stereocenters. The first-order valence-electron chi connectivity index (χ1n) is 6.64. The smallest absolute Gasteiger partial charge is 0.0594 e. The van der Waals surface area contributed by atoms with Gasteiger partial charge in [-0.3, -0.25) is 0 Å². The van der Waals surface area contributed by atoms with Crippen molar-refractivity contribution in [1.29, 1.82) is 0 Å². The lowest BCUT2D eigenvalue weighted by atomic mass is 9.90. The van der Waals surface area contributed by atoms with Crippen molar-refractivity contribution in [3.8, 4) is 0 Å². The molecule has 0 saturated heterocycles. The summed E-state index contributed by atoms with van der Waals surface area (Å²) >= 11 is 9.92. The maximum atomic E-state index is 6.39. The van der Waals surface area contributed by atoms with Crippen LogP contribution >= 0.6 is 27.5 Å². The van der Waals surface area contributed by atoms with Crippen LogP contribution in [0.5, 0.6) is 0 Å². The lowest BCUT2D eigenvalue weighted by Crippen LogP contribution is -2.20. The fraction of sp³-hybridized carbons (Fsp3) is 0.294. The summed E-state index contributed by atoms with van der Waals surface area (Å²) in [6, 6.07) is 10.5. The summed E-state index contributed by atoms with van der Waals surface area (Å²) in [5.74, 6) is 0. The standard InChI is InChI=1S/C17H19BrClN/c1-10-7-11(2)16(12(3)8-10)17(20-4)14-9-13(18)5-6-15(14)19/h5-9,17,20H,1-4H3. The van der Waals surface area contributed by atoms with Gasteiger partial charge in [-0.25, -0.2) is 0 Å². The van der Waals surface area contributed by atoms with E-state index in [-0.39, 0.29) is 6.04 Å². The Bertz CT molecular complexity index is 614. The number of benzene rings is 2. The number of nitrogens with one attached hydrogen (secondary N) is 1. The third kappa shape index (κ3) is 3.08. The zero-order valence-electron chi connectivity index (χ0n) is 12.2. The highest BCUT2D eigenvalue weighted by atomic mass is 79.9. The molecule has 0 heterocycles. The highest BCUT2D eigenvalue weighted by molar-refractivity contribution is 9.10. The normalized spacial score (nSPS) is 12.5. The van der Waals surface area contributed by atoms with E-state index in [1.807, 2.05) is 19.2 Å². The minimum Gasteiger partial charge on any atom is -0.309 e. The summed E-state index contributed by atoms with van der Waals surface area (Å²) in [4.78, 5) is 0. The van der Waals surface area contributed by atoms with Crippen molar-refractivity contribution in [2.45, 2.75) is 26.8 Å². The molecule has 0 saturated carbocycles. The van der Waals surface area contributed by atoms with Gasteiger partial charge >= 0.3 is 0 Å². The largest absolute Gasteiger partial charge is 0.309 e. The molecular weight excluding hydrogens is 334 g/mol. The SMILES string of the molecule is CNC(c1cc(Br)ccc1Cl)c1c(C)cc(C)cc1C. The van der Waals surface area contributed by atoms with Gasteiger partial charge in [0.05, 0.1) is 6.04 Å². The van der Waals surface area contributed by atoms with Gasteiger partial charge in [0, 0.05) is 9.50 Å². The number of hydrogen-bond acceptors (Lipinski definition) is 1. The van der Waals surface area contributed by atoms with E-state index in [9.17, 15) is 0 Å². The van der Waals surface area contributed by atoms with Crippen LogP contribution < -0.4 is 5.32 Å². The predicted octanol–water partition coefficient (Wildman–Crippen LogP) is 5.34. The first kappa shape index (κ1) is 15.6. The molecule has 1 nitrogen and oxygen atoms in total. The molecule has 20 heavy (non-hydrogen) atoms. The van der Waals surface area contributed by atoms with Crippen molar-refractivity contribution < 1.29 is 0 Å². The van der Waals surface area contributed by atoms with Crippen LogP contribution in [0.15, 0.2) is 34.8 Å². The first-order valence-corrected chi connectivity index (χ1v) is 7.81. The van der Waals surface area contributed by atoms with Crippen molar-refractivity contribution >= 4 is 27.5 Å². The van der Waals surface area contributed by atoms with Gasteiger partial charge in [0.15, 0.2) is 0 Å². The molecule has 106 valence electrons. The van der Waals surface area contributed by atoms with Gasteiger partial charge in [-0.15, -0.1) is 0 Å². The number of hydrogen-bond donors (Lipinski definition) is 1. The predicted molar refractivity (Wildman–Crippen MR) is 90.7 cm³/mol. The van der Waals surface area contributed by atoms with E-state index in [1.165, 1.54) is 22.3 Å². The van der Waals surface area contributed by atoms with E-state index < -0.39 is 0 Å². The zero-order chi connectivity index (χ0) is 14.9. The van der Waals surface area contributed by atoms with Crippen molar-refractivity contribution in [1.82, 2.24) is 5.32 Å². The average molecular weight is 353 g/mol. The van der Waals surface area contributed by atoms with Gasteiger partial charge in [-0.1, -0.05) is 45.2 Å². The molecule has 0 aliphatic heterocycles. The van der Waals surface area contributed by atoms with E-state index in [1.54, 1.807) is 0 Å². The number of rotatable bonds is 3. The number of halogens is 2. The van der Waals surface area contributed by atoms with Crippen LogP contribution in [-0.2, 0) is 0 Å². The molecule has 0 aliphatic rings. The third-order valence-corrected chi connectivity index (χ3v) is 4.42. The maximum Gasteiger partial charge on any atom is 0.0594 e. The molecular formula is C17H19BrClN. The Hall–Kier alpha value is -0.830. The van der Waals surface area contributed by atoms with Crippen molar-refractivity contribution in [2.24, 2.45) is 0 Å². The molecule has 0 radical (unpaired) electrons. The summed E-state index contributed by atoms with van der Waals surface area (Å²) in [6.45, 7) is 6.45. The molecule has 2 rings (SSSR count). The highest BCUT2D eigenvalue weighted by Crippen LogP contribution is 2.34. The second-order valence-corrected chi connectivity index (χ2v) is 6.52. The molecule has 2 aromatic carbocycles. The minimum atomic E-state index is 0.0978. The Kier molecular flexibility index (Phi) is 4.90. The van der Waals surface area contributed by atoms with Crippen LogP contribution in [0.4, 0.5) is 0 Å². The van der Waals surface area contributed by atoms with E-state index in [0.29, 0.717) is 0 Å². The van der Waals surface area contributed by atoms with Crippen LogP contribution in [0.2, 0.25) is 5.02 Å². The second kappa shape index (κ2) is 6.30. The van der Waals surface area contributed by atoms with Crippen LogP contribution in [0.25, 0.3) is 0 Å².